The van der Waals surface area contributed by atoms with Gasteiger partial charge in [-0.2, -0.15) is 0 Å². The van der Waals surface area contributed by atoms with Gasteiger partial charge in [0.15, 0.2) is 5.69 Å². The van der Waals surface area contributed by atoms with E-state index >= 15 is 0 Å². The third-order valence-corrected chi connectivity index (χ3v) is 5.38. The van der Waals surface area contributed by atoms with Gasteiger partial charge in [0.1, 0.15) is 17.3 Å². The molecule has 0 saturated carbocycles. The Labute approximate surface area is 189 Å². The minimum atomic E-state index is -0.505. The van der Waals surface area contributed by atoms with E-state index in [1.54, 1.807) is 17.7 Å². The molecule has 7 nitrogen and oxygen atoms in total. The van der Waals surface area contributed by atoms with Crippen molar-refractivity contribution in [3.05, 3.63) is 87.3 Å². The fourth-order valence-electron chi connectivity index (χ4n) is 3.25. The Balaban J connectivity index is 1.47. The van der Waals surface area contributed by atoms with E-state index in [9.17, 15) is 9.18 Å². The highest BCUT2D eigenvalue weighted by atomic mass is 35.5. The van der Waals surface area contributed by atoms with Crippen LogP contribution in [0.1, 0.15) is 38.8 Å². The van der Waals surface area contributed by atoms with Crippen LogP contribution in [0.3, 0.4) is 0 Å². The highest BCUT2D eigenvalue weighted by molar-refractivity contribution is 6.30. The number of hydrogen-bond acceptors (Lipinski definition) is 5. The van der Waals surface area contributed by atoms with E-state index in [0.29, 0.717) is 35.1 Å². The van der Waals surface area contributed by atoms with Gasteiger partial charge >= 0.3 is 0 Å². The van der Waals surface area contributed by atoms with Gasteiger partial charge in [-0.1, -0.05) is 40.6 Å². The van der Waals surface area contributed by atoms with E-state index in [1.807, 2.05) is 38.1 Å². The summed E-state index contributed by atoms with van der Waals surface area (Å²) < 4.78 is 20.7. The molecule has 9 heteroatoms. The van der Waals surface area contributed by atoms with Crippen LogP contribution in [0.15, 0.2) is 46.9 Å². The first-order valence-electron chi connectivity index (χ1n) is 9.97. The molecule has 2 aromatic heterocycles. The predicted molar refractivity (Wildman–Crippen MR) is 118 cm³/mol. The number of aryl methyl sites for hydroxylation is 2. The summed E-state index contributed by atoms with van der Waals surface area (Å²) in [6, 6.07) is 12.2. The third kappa shape index (κ3) is 4.55. The zero-order valence-corrected chi connectivity index (χ0v) is 18.6. The van der Waals surface area contributed by atoms with Crippen molar-refractivity contribution >= 4 is 17.5 Å². The number of rotatable bonds is 6. The maximum absolute atomic E-state index is 13.3. The molecule has 0 bridgehead atoms. The van der Waals surface area contributed by atoms with Crippen molar-refractivity contribution < 1.29 is 13.6 Å². The number of oxazole rings is 1. The predicted octanol–water partition coefficient (Wildman–Crippen LogP) is 4.63. The van der Waals surface area contributed by atoms with Gasteiger partial charge in [-0.05, 0) is 50.6 Å². The van der Waals surface area contributed by atoms with Crippen LogP contribution in [-0.4, -0.2) is 25.9 Å². The molecule has 1 amide bonds. The molecule has 32 heavy (non-hydrogen) atoms. The van der Waals surface area contributed by atoms with Gasteiger partial charge in [0.25, 0.3) is 5.91 Å². The Morgan fingerprint density at radius 1 is 1.19 bits per heavy atom. The van der Waals surface area contributed by atoms with Gasteiger partial charge < -0.3 is 9.73 Å². The molecule has 0 radical (unpaired) electrons. The average molecular weight is 454 g/mol. The topological polar surface area (TPSA) is 85.8 Å². The van der Waals surface area contributed by atoms with E-state index in [2.05, 4.69) is 20.6 Å². The number of nitrogens with zero attached hydrogens (tertiary/aromatic N) is 4. The van der Waals surface area contributed by atoms with Crippen LogP contribution in [0.5, 0.6) is 0 Å². The Morgan fingerprint density at radius 3 is 2.75 bits per heavy atom. The van der Waals surface area contributed by atoms with Crippen molar-refractivity contribution in [2.75, 3.05) is 0 Å². The lowest BCUT2D eigenvalue weighted by Gasteiger charge is -2.05. The Hall–Kier alpha value is -3.52. The van der Waals surface area contributed by atoms with Crippen LogP contribution >= 0.6 is 11.6 Å². The molecule has 0 saturated heterocycles. The number of aromatic nitrogens is 4. The van der Waals surface area contributed by atoms with E-state index in [0.717, 1.165) is 11.1 Å². The first-order chi connectivity index (χ1) is 15.3. The number of carbonyl (C=O) groups is 1. The average Bonchev–Trinajstić information content (AvgIpc) is 3.32. The molecule has 0 aliphatic rings. The number of benzene rings is 2. The molecule has 4 aromatic rings. The van der Waals surface area contributed by atoms with Crippen molar-refractivity contribution in [1.29, 1.82) is 0 Å². The summed E-state index contributed by atoms with van der Waals surface area (Å²) in [5, 5.41) is 10.9. The summed E-state index contributed by atoms with van der Waals surface area (Å²) >= 11 is 5.79. The molecule has 0 aliphatic carbocycles. The lowest BCUT2D eigenvalue weighted by atomic mass is 10.1. The molecule has 0 spiro atoms. The molecule has 2 aromatic carbocycles. The second-order valence-electron chi connectivity index (χ2n) is 7.50. The van der Waals surface area contributed by atoms with Crippen LogP contribution in [0.25, 0.3) is 11.5 Å². The summed E-state index contributed by atoms with van der Waals surface area (Å²) in [5.74, 6) is 0.325. The lowest BCUT2D eigenvalue weighted by molar-refractivity contribution is 0.0945. The molecule has 1 N–H and O–H groups in total. The summed E-state index contributed by atoms with van der Waals surface area (Å²) in [7, 11) is 0. The first kappa shape index (κ1) is 21.7. The van der Waals surface area contributed by atoms with E-state index < -0.39 is 5.82 Å². The van der Waals surface area contributed by atoms with Gasteiger partial charge in [0.05, 0.1) is 17.3 Å². The molecule has 0 unspecified atom stereocenters. The Kier molecular flexibility index (Phi) is 6.05. The highest BCUT2D eigenvalue weighted by Gasteiger charge is 2.19. The van der Waals surface area contributed by atoms with Crippen molar-refractivity contribution in [3.63, 3.8) is 0 Å². The van der Waals surface area contributed by atoms with Gasteiger partial charge in [0, 0.05) is 12.1 Å². The number of nitrogens with one attached hydrogen (secondary N) is 1. The minimum absolute atomic E-state index is 0.00638. The van der Waals surface area contributed by atoms with Gasteiger partial charge in [-0.15, -0.1) is 5.10 Å². The van der Waals surface area contributed by atoms with Crippen LogP contribution in [0, 0.1) is 26.6 Å². The monoisotopic (exact) mass is 453 g/mol. The maximum atomic E-state index is 13.3. The van der Waals surface area contributed by atoms with Crippen molar-refractivity contribution in [3.8, 4) is 11.5 Å². The molecule has 0 fully saturated rings. The lowest BCUT2D eigenvalue weighted by Crippen LogP contribution is -2.24. The molecule has 164 valence electrons. The zero-order chi connectivity index (χ0) is 22.8. The summed E-state index contributed by atoms with van der Waals surface area (Å²) in [5.41, 5.74) is 4.21. The molecular formula is C23H21ClFN5O2. The minimum Gasteiger partial charge on any atom is -0.441 e. The molecule has 4 rings (SSSR count). The van der Waals surface area contributed by atoms with Crippen molar-refractivity contribution in [2.24, 2.45) is 0 Å². The van der Waals surface area contributed by atoms with E-state index in [-0.39, 0.29) is 23.2 Å². The summed E-state index contributed by atoms with van der Waals surface area (Å²) in [6.45, 7) is 6.13. The summed E-state index contributed by atoms with van der Waals surface area (Å²) in [6.07, 6.45) is 0. The van der Waals surface area contributed by atoms with E-state index in [1.165, 1.54) is 12.1 Å². The number of amides is 1. The molecule has 0 aliphatic heterocycles. The molecule has 0 atom stereocenters. The maximum Gasteiger partial charge on any atom is 0.274 e. The van der Waals surface area contributed by atoms with Crippen LogP contribution < -0.4 is 5.32 Å². The SMILES string of the molecule is Cc1cccc(-c2nc(Cn3nnc(C(=O)NCc4ccc(F)c(Cl)c4)c3C)c(C)o2)c1. The standard InChI is InChI=1S/C23H21ClFN5O2/c1-13-5-4-6-17(9-13)23-27-20(15(3)32-23)12-30-14(2)21(28-29-30)22(31)26-11-16-7-8-19(25)18(24)10-16/h4-10H,11-12H2,1-3H3,(H,26,31). The highest BCUT2D eigenvalue weighted by Crippen LogP contribution is 2.23. The number of hydrogen-bond donors (Lipinski definition) is 1. The fraction of sp³-hybridized carbons (Fsp3) is 0.217. The van der Waals surface area contributed by atoms with Crippen LogP contribution in [0.4, 0.5) is 4.39 Å². The van der Waals surface area contributed by atoms with Crippen molar-refractivity contribution in [1.82, 2.24) is 25.3 Å². The van der Waals surface area contributed by atoms with Gasteiger partial charge in [-0.3, -0.25) is 4.79 Å². The second-order valence-corrected chi connectivity index (χ2v) is 7.91. The quantitative estimate of drug-likeness (QED) is 0.460. The fourth-order valence-corrected chi connectivity index (χ4v) is 3.46. The van der Waals surface area contributed by atoms with Crippen LogP contribution in [-0.2, 0) is 13.1 Å². The second kappa shape index (κ2) is 8.92. The Morgan fingerprint density at radius 2 is 2.00 bits per heavy atom. The number of halogens is 2. The number of carbonyl (C=O) groups excluding carboxylic acids is 1. The normalized spacial score (nSPS) is 11.0. The first-order valence-corrected chi connectivity index (χ1v) is 10.3. The molecular weight excluding hydrogens is 433 g/mol. The summed E-state index contributed by atoms with van der Waals surface area (Å²) in [4.78, 5) is 17.2. The van der Waals surface area contributed by atoms with Crippen LogP contribution in [0.2, 0.25) is 5.02 Å². The van der Waals surface area contributed by atoms with Crippen molar-refractivity contribution in [2.45, 2.75) is 33.9 Å². The largest absolute Gasteiger partial charge is 0.441 e. The van der Waals surface area contributed by atoms with E-state index in [4.69, 9.17) is 16.0 Å². The Bertz CT molecular complexity index is 1300. The van der Waals surface area contributed by atoms with Gasteiger partial charge in [-0.25, -0.2) is 14.1 Å². The smallest absolute Gasteiger partial charge is 0.274 e. The zero-order valence-electron chi connectivity index (χ0n) is 17.8. The van der Waals surface area contributed by atoms with Gasteiger partial charge in [0.2, 0.25) is 5.89 Å². The third-order valence-electron chi connectivity index (χ3n) is 5.09. The molecule has 2 heterocycles.